The average molecular weight is 385 g/mol. The highest BCUT2D eigenvalue weighted by molar-refractivity contribution is 5.94. The molecule has 0 fully saturated rings. The first-order chi connectivity index (χ1) is 13.3. The van der Waals surface area contributed by atoms with E-state index < -0.39 is 0 Å². The van der Waals surface area contributed by atoms with Crippen LogP contribution in [-0.2, 0) is 4.79 Å². The highest BCUT2D eigenvalue weighted by Gasteiger charge is 2.17. The van der Waals surface area contributed by atoms with Crippen molar-refractivity contribution in [2.75, 3.05) is 26.1 Å². The quantitative estimate of drug-likeness (QED) is 0.655. The van der Waals surface area contributed by atoms with Gasteiger partial charge < -0.3 is 20.1 Å². The van der Waals surface area contributed by atoms with Crippen molar-refractivity contribution in [3.8, 4) is 11.5 Å². The topological polar surface area (TPSA) is 59.6 Å². The zero-order chi connectivity index (χ0) is 20.7. The molecule has 0 aliphatic heterocycles. The van der Waals surface area contributed by atoms with E-state index in [0.29, 0.717) is 29.0 Å². The van der Waals surface area contributed by atoms with E-state index in [1.54, 1.807) is 32.4 Å². The number of benzene rings is 2. The first-order valence-corrected chi connectivity index (χ1v) is 9.70. The van der Waals surface area contributed by atoms with Crippen LogP contribution in [0.3, 0.4) is 0 Å². The van der Waals surface area contributed by atoms with Gasteiger partial charge in [0.1, 0.15) is 11.5 Å². The normalized spacial score (nSPS) is 12.1. The molecule has 0 heterocycles. The summed E-state index contributed by atoms with van der Waals surface area (Å²) in [5, 5.41) is 6.29. The molecule has 2 rings (SSSR count). The van der Waals surface area contributed by atoms with E-state index in [1.807, 2.05) is 0 Å². The van der Waals surface area contributed by atoms with Crippen molar-refractivity contribution in [2.45, 2.75) is 39.7 Å². The molecule has 0 aromatic heterocycles. The molecule has 2 aromatic carbocycles. The van der Waals surface area contributed by atoms with Gasteiger partial charge in [0, 0.05) is 12.1 Å². The number of anilines is 1. The monoisotopic (exact) mass is 384 g/mol. The number of ether oxygens (including phenoxy) is 2. The lowest BCUT2D eigenvalue weighted by Gasteiger charge is -2.23. The van der Waals surface area contributed by atoms with Crippen molar-refractivity contribution in [1.29, 1.82) is 0 Å². The molecular weight excluding hydrogens is 352 g/mol. The summed E-state index contributed by atoms with van der Waals surface area (Å²) in [5.41, 5.74) is 3.09. The Balaban J connectivity index is 2.04. The molecule has 0 saturated carbocycles. The second-order valence-electron chi connectivity index (χ2n) is 7.54. The Bertz CT molecular complexity index is 770. The molecule has 0 saturated heterocycles. The summed E-state index contributed by atoms with van der Waals surface area (Å²) in [5.74, 6) is 1.98. The predicted molar refractivity (Wildman–Crippen MR) is 114 cm³/mol. The number of amides is 1. The second-order valence-corrected chi connectivity index (χ2v) is 7.54. The summed E-state index contributed by atoms with van der Waals surface area (Å²) >= 11 is 0. The minimum atomic E-state index is -0.129. The molecule has 0 bridgehead atoms. The number of hydrogen-bond acceptors (Lipinski definition) is 4. The van der Waals surface area contributed by atoms with E-state index in [4.69, 9.17) is 9.47 Å². The molecule has 0 radical (unpaired) electrons. The lowest BCUT2D eigenvalue weighted by molar-refractivity contribution is -0.115. The molecule has 0 aliphatic carbocycles. The smallest absolute Gasteiger partial charge is 0.238 e. The zero-order valence-electron chi connectivity index (χ0n) is 17.7. The number of hydrogen-bond donors (Lipinski definition) is 2. The summed E-state index contributed by atoms with van der Waals surface area (Å²) in [6.07, 6.45) is 0. The summed E-state index contributed by atoms with van der Waals surface area (Å²) in [6, 6.07) is 14.0. The van der Waals surface area contributed by atoms with E-state index in [9.17, 15) is 4.79 Å². The van der Waals surface area contributed by atoms with Crippen molar-refractivity contribution < 1.29 is 14.3 Å². The van der Waals surface area contributed by atoms with Gasteiger partial charge in [0.05, 0.1) is 26.5 Å². The Labute approximate surface area is 168 Å². The summed E-state index contributed by atoms with van der Waals surface area (Å²) < 4.78 is 10.5. The van der Waals surface area contributed by atoms with E-state index in [-0.39, 0.29) is 18.5 Å². The van der Waals surface area contributed by atoms with Gasteiger partial charge in [-0.1, -0.05) is 52.0 Å². The molecule has 1 amide bonds. The Morgan fingerprint density at radius 2 is 1.57 bits per heavy atom. The Kier molecular flexibility index (Phi) is 7.88. The van der Waals surface area contributed by atoms with Crippen LogP contribution >= 0.6 is 0 Å². The van der Waals surface area contributed by atoms with E-state index in [2.05, 4.69) is 62.6 Å². The Hall–Kier alpha value is -2.53. The molecule has 152 valence electrons. The molecule has 28 heavy (non-hydrogen) atoms. The van der Waals surface area contributed by atoms with Gasteiger partial charge in [-0.25, -0.2) is 0 Å². The van der Waals surface area contributed by atoms with Gasteiger partial charge >= 0.3 is 0 Å². The van der Waals surface area contributed by atoms with Crippen molar-refractivity contribution in [3.63, 3.8) is 0 Å². The molecule has 0 aliphatic rings. The molecule has 0 unspecified atom stereocenters. The third-order valence-corrected chi connectivity index (χ3v) is 4.79. The standard InChI is InChI=1S/C23H32N2O3/c1-15(2)17-7-9-18(10-8-17)23(16(3)4)24-14-22(26)25-20-13-19(27-5)11-12-21(20)28-6/h7-13,15-16,23-24H,14H2,1-6H3,(H,25,26)/t23-/m0/s1. The Morgan fingerprint density at radius 3 is 2.11 bits per heavy atom. The number of carbonyl (C=O) groups excluding carboxylic acids is 1. The fourth-order valence-electron chi connectivity index (χ4n) is 3.14. The van der Waals surface area contributed by atoms with E-state index in [1.165, 1.54) is 11.1 Å². The fraction of sp³-hybridized carbons (Fsp3) is 0.435. The van der Waals surface area contributed by atoms with Crippen LogP contribution < -0.4 is 20.1 Å². The number of methoxy groups -OCH3 is 2. The maximum absolute atomic E-state index is 12.5. The number of carbonyl (C=O) groups is 1. The van der Waals surface area contributed by atoms with Crippen LogP contribution in [0.2, 0.25) is 0 Å². The van der Waals surface area contributed by atoms with Gasteiger partial charge in [-0.15, -0.1) is 0 Å². The first kappa shape index (κ1) is 21.8. The van der Waals surface area contributed by atoms with Crippen LogP contribution in [0, 0.1) is 5.92 Å². The minimum Gasteiger partial charge on any atom is -0.497 e. The largest absolute Gasteiger partial charge is 0.497 e. The maximum atomic E-state index is 12.5. The molecule has 0 spiro atoms. The highest BCUT2D eigenvalue weighted by Crippen LogP contribution is 2.29. The van der Waals surface area contributed by atoms with Gasteiger partial charge in [0.2, 0.25) is 5.91 Å². The van der Waals surface area contributed by atoms with Crippen LogP contribution in [0.4, 0.5) is 5.69 Å². The van der Waals surface area contributed by atoms with E-state index >= 15 is 0 Å². The molecule has 2 N–H and O–H groups in total. The average Bonchev–Trinajstić information content (AvgIpc) is 2.68. The second kappa shape index (κ2) is 10.1. The van der Waals surface area contributed by atoms with Crippen molar-refractivity contribution in [1.82, 2.24) is 5.32 Å². The highest BCUT2D eigenvalue weighted by atomic mass is 16.5. The third-order valence-electron chi connectivity index (χ3n) is 4.79. The number of nitrogens with one attached hydrogen (secondary N) is 2. The molecule has 5 nitrogen and oxygen atoms in total. The van der Waals surface area contributed by atoms with Crippen LogP contribution in [0.15, 0.2) is 42.5 Å². The van der Waals surface area contributed by atoms with Crippen molar-refractivity contribution in [3.05, 3.63) is 53.6 Å². The van der Waals surface area contributed by atoms with Gasteiger partial charge in [0.25, 0.3) is 0 Å². The van der Waals surface area contributed by atoms with Gasteiger partial charge in [-0.2, -0.15) is 0 Å². The lowest BCUT2D eigenvalue weighted by atomic mass is 9.93. The summed E-state index contributed by atoms with van der Waals surface area (Å²) in [6.45, 7) is 8.87. The first-order valence-electron chi connectivity index (χ1n) is 9.70. The van der Waals surface area contributed by atoms with Crippen LogP contribution in [0.5, 0.6) is 11.5 Å². The molecule has 1 atom stereocenters. The molecular formula is C23H32N2O3. The van der Waals surface area contributed by atoms with Crippen molar-refractivity contribution >= 4 is 11.6 Å². The fourth-order valence-corrected chi connectivity index (χ4v) is 3.14. The molecule has 5 heteroatoms. The van der Waals surface area contributed by atoms with Crippen LogP contribution in [-0.4, -0.2) is 26.7 Å². The maximum Gasteiger partial charge on any atom is 0.238 e. The van der Waals surface area contributed by atoms with Gasteiger partial charge in [-0.3, -0.25) is 4.79 Å². The Morgan fingerprint density at radius 1 is 0.929 bits per heavy atom. The summed E-state index contributed by atoms with van der Waals surface area (Å²) in [4.78, 5) is 12.5. The third kappa shape index (κ3) is 5.73. The number of rotatable bonds is 9. The zero-order valence-corrected chi connectivity index (χ0v) is 17.7. The van der Waals surface area contributed by atoms with Crippen LogP contribution in [0.25, 0.3) is 0 Å². The molecule has 2 aromatic rings. The SMILES string of the molecule is COc1ccc(OC)c(NC(=O)CN[C@H](c2ccc(C(C)C)cc2)C(C)C)c1. The van der Waals surface area contributed by atoms with E-state index in [0.717, 1.165) is 0 Å². The minimum absolute atomic E-state index is 0.0965. The lowest BCUT2D eigenvalue weighted by Crippen LogP contribution is -2.33. The van der Waals surface area contributed by atoms with Crippen LogP contribution in [0.1, 0.15) is 50.8 Å². The van der Waals surface area contributed by atoms with Gasteiger partial charge in [0.15, 0.2) is 0 Å². The van der Waals surface area contributed by atoms with Gasteiger partial charge in [-0.05, 0) is 35.1 Å². The summed E-state index contributed by atoms with van der Waals surface area (Å²) in [7, 11) is 3.16. The van der Waals surface area contributed by atoms with Crippen molar-refractivity contribution in [2.24, 2.45) is 5.92 Å². The predicted octanol–water partition coefficient (Wildman–Crippen LogP) is 4.75.